The van der Waals surface area contributed by atoms with Crippen LogP contribution in [-0.2, 0) is 16.1 Å². The summed E-state index contributed by atoms with van der Waals surface area (Å²) in [6.45, 7) is 2.70. The summed E-state index contributed by atoms with van der Waals surface area (Å²) in [5.74, 6) is -0.225. The van der Waals surface area contributed by atoms with Crippen molar-refractivity contribution in [3.05, 3.63) is 35.6 Å². The van der Waals surface area contributed by atoms with E-state index in [1.54, 1.807) is 24.1 Å². The van der Waals surface area contributed by atoms with E-state index in [9.17, 15) is 9.18 Å². The Bertz CT molecular complexity index is 422. The van der Waals surface area contributed by atoms with Gasteiger partial charge in [-0.15, -0.1) is 12.4 Å². The van der Waals surface area contributed by atoms with Crippen LogP contribution in [-0.4, -0.2) is 43.7 Å². The first kappa shape index (κ1) is 16.9. The number of hydrogen-bond acceptors (Lipinski definition) is 3. The fraction of sp³-hybridized carbons (Fsp3) is 0.500. The van der Waals surface area contributed by atoms with Crippen LogP contribution in [0.5, 0.6) is 0 Å². The van der Waals surface area contributed by atoms with E-state index in [0.29, 0.717) is 19.6 Å². The number of nitrogens with one attached hydrogen (secondary N) is 1. The molecule has 0 radical (unpaired) electrons. The Kier molecular flexibility index (Phi) is 6.91. The normalized spacial score (nSPS) is 18.2. The summed E-state index contributed by atoms with van der Waals surface area (Å²) in [5, 5.41) is 3.20. The molecule has 4 nitrogen and oxygen atoms in total. The summed E-state index contributed by atoms with van der Waals surface area (Å²) in [6.07, 6.45) is 0.335. The number of hydrogen-bond donors (Lipinski definition) is 1. The van der Waals surface area contributed by atoms with Crippen LogP contribution in [0.15, 0.2) is 24.3 Å². The van der Waals surface area contributed by atoms with E-state index >= 15 is 0 Å². The molecule has 1 heterocycles. The molecule has 0 bridgehead atoms. The lowest BCUT2D eigenvalue weighted by molar-refractivity contribution is -0.133. The van der Waals surface area contributed by atoms with Gasteiger partial charge in [0, 0.05) is 26.7 Å². The maximum Gasteiger partial charge on any atom is 0.225 e. The summed E-state index contributed by atoms with van der Waals surface area (Å²) >= 11 is 0. The Morgan fingerprint density at radius 2 is 2.15 bits per heavy atom. The number of amides is 1. The largest absolute Gasteiger partial charge is 0.375 e. The Hall–Kier alpha value is -1.17. The van der Waals surface area contributed by atoms with Crippen molar-refractivity contribution in [2.24, 2.45) is 0 Å². The van der Waals surface area contributed by atoms with Crippen molar-refractivity contribution in [2.45, 2.75) is 19.1 Å². The molecule has 0 aromatic heterocycles. The van der Waals surface area contributed by atoms with Crippen LogP contribution in [0.1, 0.15) is 12.0 Å². The second-order valence-electron chi connectivity index (χ2n) is 4.78. The molecule has 6 heteroatoms. The van der Waals surface area contributed by atoms with Crippen molar-refractivity contribution < 1.29 is 13.9 Å². The zero-order valence-electron chi connectivity index (χ0n) is 11.5. The maximum atomic E-state index is 12.8. The summed E-state index contributed by atoms with van der Waals surface area (Å²) in [4.78, 5) is 13.7. The average Bonchev–Trinajstić information content (AvgIpc) is 2.42. The van der Waals surface area contributed by atoms with Crippen LogP contribution in [0.2, 0.25) is 0 Å². The zero-order valence-corrected chi connectivity index (χ0v) is 12.3. The van der Waals surface area contributed by atoms with E-state index in [1.165, 1.54) is 12.1 Å². The molecular weight excluding hydrogens is 283 g/mol. The number of halogens is 2. The van der Waals surface area contributed by atoms with Crippen molar-refractivity contribution in [1.29, 1.82) is 0 Å². The van der Waals surface area contributed by atoms with E-state index in [2.05, 4.69) is 5.32 Å². The van der Waals surface area contributed by atoms with E-state index in [4.69, 9.17) is 4.74 Å². The second kappa shape index (κ2) is 8.19. The first-order valence-corrected chi connectivity index (χ1v) is 6.46. The minimum Gasteiger partial charge on any atom is -0.375 e. The number of carbonyl (C=O) groups is 1. The molecule has 1 N–H and O–H groups in total. The predicted octanol–water partition coefficient (Wildman–Crippen LogP) is 1.58. The predicted molar refractivity (Wildman–Crippen MR) is 77.3 cm³/mol. The number of rotatable bonds is 4. The summed E-state index contributed by atoms with van der Waals surface area (Å²) < 4.78 is 18.3. The first-order valence-electron chi connectivity index (χ1n) is 6.46. The fourth-order valence-electron chi connectivity index (χ4n) is 2.05. The molecule has 112 valence electrons. The van der Waals surface area contributed by atoms with Gasteiger partial charge in [-0.1, -0.05) is 12.1 Å². The third-order valence-corrected chi connectivity index (χ3v) is 3.17. The number of morpholine rings is 1. The van der Waals surface area contributed by atoms with Gasteiger partial charge in [-0.3, -0.25) is 4.79 Å². The highest BCUT2D eigenvalue weighted by molar-refractivity contribution is 5.85. The zero-order chi connectivity index (χ0) is 13.7. The lowest BCUT2D eigenvalue weighted by Gasteiger charge is -2.25. The van der Waals surface area contributed by atoms with E-state index in [-0.39, 0.29) is 30.2 Å². The highest BCUT2D eigenvalue weighted by Crippen LogP contribution is 2.09. The molecule has 2 rings (SSSR count). The molecule has 1 aromatic rings. The average molecular weight is 303 g/mol. The molecule has 1 atom stereocenters. The van der Waals surface area contributed by atoms with Crippen LogP contribution < -0.4 is 5.32 Å². The minimum atomic E-state index is -0.264. The topological polar surface area (TPSA) is 41.6 Å². The number of benzene rings is 1. The Balaban J connectivity index is 0.00000200. The highest BCUT2D eigenvalue weighted by Gasteiger charge is 2.19. The molecule has 0 spiro atoms. The molecule has 1 aliphatic heterocycles. The van der Waals surface area contributed by atoms with Crippen LogP contribution in [0.3, 0.4) is 0 Å². The van der Waals surface area contributed by atoms with Crippen molar-refractivity contribution >= 4 is 18.3 Å². The van der Waals surface area contributed by atoms with Gasteiger partial charge >= 0.3 is 0 Å². The molecular formula is C14H20ClFN2O2. The third kappa shape index (κ3) is 5.07. The van der Waals surface area contributed by atoms with E-state index < -0.39 is 0 Å². The van der Waals surface area contributed by atoms with Gasteiger partial charge in [-0.2, -0.15) is 0 Å². The smallest absolute Gasteiger partial charge is 0.225 e. The molecule has 0 saturated carbocycles. The van der Waals surface area contributed by atoms with E-state index in [1.807, 2.05) is 0 Å². The Labute approximate surface area is 124 Å². The lowest BCUT2D eigenvalue weighted by Crippen LogP contribution is -2.41. The lowest BCUT2D eigenvalue weighted by atomic mass is 10.1. The van der Waals surface area contributed by atoms with Crippen molar-refractivity contribution in [3.63, 3.8) is 0 Å². The van der Waals surface area contributed by atoms with Gasteiger partial charge in [-0.05, 0) is 17.7 Å². The van der Waals surface area contributed by atoms with Gasteiger partial charge in [0.2, 0.25) is 5.91 Å². The maximum absolute atomic E-state index is 12.8. The van der Waals surface area contributed by atoms with Gasteiger partial charge in [0.25, 0.3) is 0 Å². The molecule has 1 aromatic carbocycles. The molecule has 20 heavy (non-hydrogen) atoms. The molecule has 0 aliphatic carbocycles. The molecule has 1 fully saturated rings. The van der Waals surface area contributed by atoms with Gasteiger partial charge < -0.3 is 15.0 Å². The van der Waals surface area contributed by atoms with Crippen molar-refractivity contribution in [2.75, 3.05) is 26.7 Å². The number of ether oxygens (including phenoxy) is 1. The summed E-state index contributed by atoms with van der Waals surface area (Å²) in [6, 6.07) is 6.19. The summed E-state index contributed by atoms with van der Waals surface area (Å²) in [5.41, 5.74) is 0.917. The van der Waals surface area contributed by atoms with Crippen LogP contribution in [0.25, 0.3) is 0 Å². The standard InChI is InChI=1S/C14H19FN2O2.ClH/c1-17(10-11-2-4-12(15)5-3-11)14(18)8-13-9-16-6-7-19-13;/h2-5,13,16H,6-10H2,1H3;1H. The SMILES string of the molecule is CN(Cc1ccc(F)cc1)C(=O)CC1CNCCO1.Cl. The van der Waals surface area contributed by atoms with Crippen LogP contribution in [0.4, 0.5) is 4.39 Å². The van der Waals surface area contributed by atoms with E-state index in [0.717, 1.165) is 18.7 Å². The monoisotopic (exact) mass is 302 g/mol. The van der Waals surface area contributed by atoms with Crippen molar-refractivity contribution in [3.8, 4) is 0 Å². The highest BCUT2D eigenvalue weighted by atomic mass is 35.5. The molecule has 1 saturated heterocycles. The fourth-order valence-corrected chi connectivity index (χ4v) is 2.05. The molecule has 1 aliphatic rings. The minimum absolute atomic E-state index is 0. The Morgan fingerprint density at radius 1 is 1.45 bits per heavy atom. The van der Waals surface area contributed by atoms with Crippen molar-refractivity contribution in [1.82, 2.24) is 10.2 Å². The number of carbonyl (C=O) groups excluding carboxylic acids is 1. The number of nitrogens with zero attached hydrogens (tertiary/aromatic N) is 1. The molecule has 1 unspecified atom stereocenters. The van der Waals surface area contributed by atoms with Gasteiger partial charge in [0.1, 0.15) is 5.82 Å². The van der Waals surface area contributed by atoms with Gasteiger partial charge in [0.05, 0.1) is 19.1 Å². The second-order valence-corrected chi connectivity index (χ2v) is 4.78. The Morgan fingerprint density at radius 3 is 2.75 bits per heavy atom. The summed E-state index contributed by atoms with van der Waals surface area (Å²) in [7, 11) is 1.75. The first-order chi connectivity index (χ1) is 9.15. The van der Waals surface area contributed by atoms with Gasteiger partial charge in [0.15, 0.2) is 0 Å². The molecule has 1 amide bonds. The van der Waals surface area contributed by atoms with Crippen LogP contribution >= 0.6 is 12.4 Å². The third-order valence-electron chi connectivity index (χ3n) is 3.17. The van der Waals surface area contributed by atoms with Crippen LogP contribution in [0, 0.1) is 5.82 Å². The van der Waals surface area contributed by atoms with Gasteiger partial charge in [-0.25, -0.2) is 4.39 Å². The quantitative estimate of drug-likeness (QED) is 0.918.